The Kier molecular flexibility index (Phi) is 6.19. The first-order valence-corrected chi connectivity index (χ1v) is 10.1. The highest BCUT2D eigenvalue weighted by molar-refractivity contribution is 7.99. The Morgan fingerprint density at radius 1 is 1.26 bits per heavy atom. The van der Waals surface area contributed by atoms with Crippen LogP contribution in [0.3, 0.4) is 0 Å². The van der Waals surface area contributed by atoms with Crippen molar-refractivity contribution in [2.75, 3.05) is 5.75 Å². The number of hydrogen-bond donors (Lipinski definition) is 1. The fourth-order valence-electron chi connectivity index (χ4n) is 2.60. The first-order valence-electron chi connectivity index (χ1n) is 8.69. The average Bonchev–Trinajstić information content (AvgIpc) is 2.66. The molecule has 0 saturated carbocycles. The highest BCUT2D eigenvalue weighted by Gasteiger charge is 2.15. The van der Waals surface area contributed by atoms with E-state index in [2.05, 4.69) is 10.3 Å². The van der Waals surface area contributed by atoms with Crippen LogP contribution < -0.4 is 10.9 Å². The molecule has 1 N–H and O–H groups in total. The van der Waals surface area contributed by atoms with E-state index in [0.717, 1.165) is 6.42 Å². The molecule has 0 bridgehead atoms. The average molecular weight is 402 g/mol. The summed E-state index contributed by atoms with van der Waals surface area (Å²) in [4.78, 5) is 29.9. The number of aromatic nitrogens is 2. The SMILES string of the molecule is CCC(C)NC(=O)CSc1nc2ccccc2c(=O)n1-c1cccc(Cl)c1. The number of carbonyl (C=O) groups excluding carboxylic acids is 1. The van der Waals surface area contributed by atoms with Crippen LogP contribution in [0.1, 0.15) is 20.3 Å². The van der Waals surface area contributed by atoms with Gasteiger partial charge in [-0.2, -0.15) is 0 Å². The van der Waals surface area contributed by atoms with Gasteiger partial charge in [0.25, 0.3) is 5.56 Å². The predicted octanol–water partition coefficient (Wildman–Crippen LogP) is 4.05. The number of hydrogen-bond acceptors (Lipinski definition) is 4. The van der Waals surface area contributed by atoms with E-state index in [9.17, 15) is 9.59 Å². The molecule has 1 unspecified atom stereocenters. The molecule has 0 saturated heterocycles. The largest absolute Gasteiger partial charge is 0.353 e. The van der Waals surface area contributed by atoms with Crippen LogP contribution in [-0.4, -0.2) is 27.3 Å². The number of nitrogens with zero attached hydrogens (tertiary/aromatic N) is 2. The standard InChI is InChI=1S/C20H20ClN3O2S/c1-3-13(2)22-18(25)12-27-20-23-17-10-5-4-9-16(17)19(26)24(20)15-8-6-7-14(21)11-15/h4-11,13H,3,12H2,1-2H3,(H,22,25). The fraction of sp³-hybridized carbons (Fsp3) is 0.250. The van der Waals surface area contributed by atoms with Crippen molar-refractivity contribution in [2.24, 2.45) is 0 Å². The summed E-state index contributed by atoms with van der Waals surface area (Å²) in [6.45, 7) is 3.97. The van der Waals surface area contributed by atoms with E-state index >= 15 is 0 Å². The lowest BCUT2D eigenvalue weighted by Crippen LogP contribution is -2.33. The number of carbonyl (C=O) groups is 1. The molecule has 7 heteroatoms. The van der Waals surface area contributed by atoms with Crippen molar-refractivity contribution in [2.45, 2.75) is 31.5 Å². The lowest BCUT2D eigenvalue weighted by molar-refractivity contribution is -0.119. The van der Waals surface area contributed by atoms with E-state index in [1.54, 1.807) is 42.5 Å². The second kappa shape index (κ2) is 8.59. The van der Waals surface area contributed by atoms with Crippen molar-refractivity contribution in [3.05, 3.63) is 63.9 Å². The van der Waals surface area contributed by atoms with Gasteiger partial charge < -0.3 is 5.32 Å². The van der Waals surface area contributed by atoms with Crippen molar-refractivity contribution in [3.63, 3.8) is 0 Å². The summed E-state index contributed by atoms with van der Waals surface area (Å²) in [6.07, 6.45) is 0.859. The minimum Gasteiger partial charge on any atom is -0.353 e. The van der Waals surface area contributed by atoms with Gasteiger partial charge in [-0.25, -0.2) is 4.98 Å². The molecule has 1 amide bonds. The van der Waals surface area contributed by atoms with Crippen molar-refractivity contribution in [1.82, 2.24) is 14.9 Å². The Morgan fingerprint density at radius 2 is 2.04 bits per heavy atom. The molecule has 0 aliphatic rings. The molecule has 1 aromatic heterocycles. The number of nitrogens with one attached hydrogen (secondary N) is 1. The van der Waals surface area contributed by atoms with Gasteiger partial charge in [0, 0.05) is 11.1 Å². The van der Waals surface area contributed by atoms with Crippen LogP contribution in [0.4, 0.5) is 0 Å². The van der Waals surface area contributed by atoms with Crippen LogP contribution in [0.2, 0.25) is 5.02 Å². The van der Waals surface area contributed by atoms with Gasteiger partial charge in [-0.3, -0.25) is 14.2 Å². The minimum atomic E-state index is -0.187. The third kappa shape index (κ3) is 4.51. The Hall–Kier alpha value is -2.31. The van der Waals surface area contributed by atoms with Crippen LogP contribution in [0.15, 0.2) is 58.5 Å². The van der Waals surface area contributed by atoms with Crippen LogP contribution in [0.5, 0.6) is 0 Å². The zero-order valence-electron chi connectivity index (χ0n) is 15.1. The first-order chi connectivity index (χ1) is 13.0. The first kappa shape index (κ1) is 19.5. The maximum Gasteiger partial charge on any atom is 0.266 e. The van der Waals surface area contributed by atoms with Gasteiger partial charge in [-0.1, -0.05) is 48.5 Å². The second-order valence-electron chi connectivity index (χ2n) is 6.20. The summed E-state index contributed by atoms with van der Waals surface area (Å²) in [7, 11) is 0. The number of rotatable bonds is 6. The molecule has 0 fully saturated rings. The van der Waals surface area contributed by atoms with Crippen LogP contribution in [0, 0.1) is 0 Å². The molecular formula is C20H20ClN3O2S. The molecule has 3 aromatic rings. The quantitative estimate of drug-likeness (QED) is 0.500. The Morgan fingerprint density at radius 3 is 2.78 bits per heavy atom. The summed E-state index contributed by atoms with van der Waals surface area (Å²) in [6, 6.07) is 14.3. The summed E-state index contributed by atoms with van der Waals surface area (Å²) in [5, 5.41) is 4.43. The molecule has 140 valence electrons. The number of amides is 1. The van der Waals surface area contributed by atoms with Gasteiger partial charge in [0.2, 0.25) is 5.91 Å². The molecule has 1 atom stereocenters. The lowest BCUT2D eigenvalue weighted by Gasteiger charge is -2.14. The minimum absolute atomic E-state index is 0.0885. The Bertz CT molecular complexity index is 1040. The van der Waals surface area contributed by atoms with Gasteiger partial charge in [-0.05, 0) is 43.7 Å². The van der Waals surface area contributed by atoms with Gasteiger partial charge in [0.15, 0.2) is 5.16 Å². The summed E-state index contributed by atoms with van der Waals surface area (Å²) < 4.78 is 1.51. The molecule has 0 radical (unpaired) electrons. The van der Waals surface area contributed by atoms with Crippen molar-refractivity contribution in [3.8, 4) is 5.69 Å². The van der Waals surface area contributed by atoms with Crippen molar-refractivity contribution in [1.29, 1.82) is 0 Å². The zero-order valence-corrected chi connectivity index (χ0v) is 16.7. The van der Waals surface area contributed by atoms with Gasteiger partial charge in [0.1, 0.15) is 0 Å². The smallest absolute Gasteiger partial charge is 0.266 e. The van der Waals surface area contributed by atoms with Gasteiger partial charge in [0.05, 0.1) is 22.3 Å². The van der Waals surface area contributed by atoms with Crippen LogP contribution >= 0.6 is 23.4 Å². The van der Waals surface area contributed by atoms with Crippen molar-refractivity contribution < 1.29 is 4.79 Å². The Balaban J connectivity index is 2.03. The third-order valence-electron chi connectivity index (χ3n) is 4.16. The zero-order chi connectivity index (χ0) is 19.4. The molecule has 0 spiro atoms. The highest BCUT2D eigenvalue weighted by Crippen LogP contribution is 2.22. The van der Waals surface area contributed by atoms with E-state index in [4.69, 9.17) is 11.6 Å². The summed E-state index contributed by atoms with van der Waals surface area (Å²) in [5.74, 6) is 0.0878. The molecule has 1 heterocycles. The summed E-state index contributed by atoms with van der Waals surface area (Å²) >= 11 is 7.35. The van der Waals surface area contributed by atoms with Crippen LogP contribution in [-0.2, 0) is 4.79 Å². The fourth-order valence-corrected chi connectivity index (χ4v) is 3.61. The Labute approximate surface area is 166 Å². The van der Waals surface area contributed by atoms with Crippen LogP contribution in [0.25, 0.3) is 16.6 Å². The number of fused-ring (bicyclic) bond motifs is 1. The number of para-hydroxylation sites is 1. The molecule has 0 aliphatic carbocycles. The van der Waals surface area contributed by atoms with E-state index in [1.807, 2.05) is 19.9 Å². The highest BCUT2D eigenvalue weighted by atomic mass is 35.5. The molecule has 27 heavy (non-hydrogen) atoms. The lowest BCUT2D eigenvalue weighted by atomic mass is 10.2. The number of thioether (sulfide) groups is 1. The maximum atomic E-state index is 13.1. The third-order valence-corrected chi connectivity index (χ3v) is 5.34. The number of benzene rings is 2. The number of halogens is 1. The molecule has 0 aliphatic heterocycles. The molecule has 5 nitrogen and oxygen atoms in total. The monoisotopic (exact) mass is 401 g/mol. The maximum absolute atomic E-state index is 13.1. The molecule has 2 aromatic carbocycles. The topological polar surface area (TPSA) is 64.0 Å². The van der Waals surface area contributed by atoms with Crippen molar-refractivity contribution >= 4 is 40.2 Å². The van der Waals surface area contributed by atoms with E-state index in [-0.39, 0.29) is 23.3 Å². The summed E-state index contributed by atoms with van der Waals surface area (Å²) in [5.41, 5.74) is 1.04. The van der Waals surface area contributed by atoms with E-state index in [1.165, 1.54) is 16.3 Å². The molecular weight excluding hydrogens is 382 g/mol. The van der Waals surface area contributed by atoms with Gasteiger partial charge >= 0.3 is 0 Å². The van der Waals surface area contributed by atoms with E-state index < -0.39 is 0 Å². The second-order valence-corrected chi connectivity index (χ2v) is 7.58. The predicted molar refractivity (Wildman–Crippen MR) is 111 cm³/mol. The molecule has 3 rings (SSSR count). The van der Waals surface area contributed by atoms with Gasteiger partial charge in [-0.15, -0.1) is 0 Å². The van der Waals surface area contributed by atoms with E-state index in [0.29, 0.717) is 26.8 Å². The normalized spacial score (nSPS) is 12.1.